The van der Waals surface area contributed by atoms with Crippen molar-refractivity contribution < 1.29 is 17.0 Å². The van der Waals surface area contributed by atoms with E-state index in [0.717, 1.165) is 5.54 Å². The maximum atomic E-state index is 4.89. The van der Waals surface area contributed by atoms with Gasteiger partial charge in [-0.3, -0.25) is 0 Å². The summed E-state index contributed by atoms with van der Waals surface area (Å²) in [6.07, 6.45) is 7.32. The summed E-state index contributed by atoms with van der Waals surface area (Å²) in [5.74, 6) is 0. The van der Waals surface area contributed by atoms with Gasteiger partial charge < -0.3 is 12.4 Å². The molecule has 0 unspecified atom stereocenters. The first kappa shape index (κ1) is 19.5. The Morgan fingerprint density at radius 3 is 2.19 bits per heavy atom. The first-order valence-corrected chi connectivity index (χ1v) is 12.6. The maximum absolute atomic E-state index is 4.89. The molecule has 1 aliphatic rings. The van der Waals surface area contributed by atoms with Crippen molar-refractivity contribution in [3.05, 3.63) is 24.6 Å². The van der Waals surface area contributed by atoms with Crippen LogP contribution in [0.1, 0.15) is 26.7 Å². The predicted molar refractivity (Wildman–Crippen MR) is 76.2 cm³/mol. The molecule has 0 aromatic carbocycles. The van der Waals surface area contributed by atoms with E-state index in [1.165, 1.54) is 12.8 Å². The van der Waals surface area contributed by atoms with Crippen LogP contribution in [0.2, 0.25) is 18.6 Å². The molecule has 1 nitrogen and oxygen atoms in total. The van der Waals surface area contributed by atoms with E-state index in [2.05, 4.69) is 39.1 Å². The minimum absolute atomic E-state index is 0. The van der Waals surface area contributed by atoms with E-state index in [1.54, 1.807) is 0 Å². The molecule has 0 radical (unpaired) electrons. The summed E-state index contributed by atoms with van der Waals surface area (Å²) in [7, 11) is 8.48. The Hall–Kier alpha value is 1.21. The Labute approximate surface area is 119 Å². The fourth-order valence-corrected chi connectivity index (χ4v) is 4.98. The first-order chi connectivity index (χ1) is 6.94. The van der Waals surface area contributed by atoms with Crippen LogP contribution in [-0.2, 0) is 17.0 Å². The predicted octanol–water partition coefficient (Wildman–Crippen LogP) is 5.52. The van der Waals surface area contributed by atoms with E-state index in [9.17, 15) is 0 Å². The van der Waals surface area contributed by atoms with Crippen LogP contribution < -0.4 is 0 Å². The van der Waals surface area contributed by atoms with Crippen LogP contribution in [0.25, 0.3) is 4.98 Å². The van der Waals surface area contributed by atoms with E-state index in [-0.39, 0.29) is 7.43 Å². The summed E-state index contributed by atoms with van der Waals surface area (Å²) in [4.78, 5) is 4.88. The van der Waals surface area contributed by atoms with Gasteiger partial charge >= 0.3 is 35.6 Å². The van der Waals surface area contributed by atoms with Crippen molar-refractivity contribution in [3.63, 3.8) is 0 Å². The van der Waals surface area contributed by atoms with Crippen LogP contribution in [0.15, 0.2) is 12.2 Å². The topological polar surface area (TPSA) is 14.1 Å². The monoisotopic (exact) mass is 315 g/mol. The van der Waals surface area contributed by atoms with Gasteiger partial charge in [-0.2, -0.15) is 0 Å². The molecule has 0 amide bonds. The van der Waals surface area contributed by atoms with E-state index >= 15 is 0 Å². The molecule has 1 atom stereocenters. The van der Waals surface area contributed by atoms with Gasteiger partial charge in [0.1, 0.15) is 0 Å². The average Bonchev–Trinajstić information content (AvgIpc) is 2.54. The second-order valence-electron chi connectivity index (χ2n) is 4.56. The molecule has 16 heavy (non-hydrogen) atoms. The van der Waals surface area contributed by atoms with Gasteiger partial charge in [0.15, 0.2) is 0 Å². The molecule has 5 heteroatoms. The number of halogens is 2. The van der Waals surface area contributed by atoms with Crippen LogP contribution in [-0.4, -0.2) is 14.3 Å². The van der Waals surface area contributed by atoms with Gasteiger partial charge in [-0.25, -0.2) is 0 Å². The third kappa shape index (κ3) is 8.32. The van der Waals surface area contributed by atoms with Gasteiger partial charge in [-0.15, -0.1) is 6.04 Å². The number of nitrogens with zero attached hydrogens (tertiary/aromatic N) is 1. The zero-order chi connectivity index (χ0) is 11.9. The van der Waals surface area contributed by atoms with Crippen molar-refractivity contribution in [1.29, 1.82) is 0 Å². The SMILES string of the molecule is CC(C)[N-][Si](C)(C)[C@H]1C=CCC1.[CH3-].[Cl][Ti][Cl]. The van der Waals surface area contributed by atoms with Crippen molar-refractivity contribution >= 4 is 26.8 Å². The normalized spacial score (nSPS) is 18.8. The van der Waals surface area contributed by atoms with E-state index in [1.807, 2.05) is 0 Å². The fourth-order valence-electron chi connectivity index (χ4n) is 1.98. The molecule has 0 fully saturated rings. The standard InChI is InChI=1S/C10H20NSi.CH3.2ClH.Ti/c1-9(2)11-12(3,4)10-7-5-6-8-10;;;;/h5,7,9-10H,6,8H2,1-4H3;1H3;2*1H;/q2*-1;;;+2/p-2/t10-;;;;/m0..../s1. The van der Waals surface area contributed by atoms with Gasteiger partial charge in [0.2, 0.25) is 0 Å². The molecule has 0 N–H and O–H groups in total. The summed E-state index contributed by atoms with van der Waals surface area (Å²) >= 11 is -0.556. The Morgan fingerprint density at radius 1 is 1.38 bits per heavy atom. The molecular formula is C11H23Cl2NSiTi-2. The molecule has 1 aliphatic carbocycles. The van der Waals surface area contributed by atoms with Gasteiger partial charge in [-0.05, 0) is 18.4 Å². The van der Waals surface area contributed by atoms with Crippen LogP contribution in [0.5, 0.6) is 0 Å². The third-order valence-electron chi connectivity index (χ3n) is 2.51. The Morgan fingerprint density at radius 2 is 1.88 bits per heavy atom. The Bertz CT molecular complexity index is 198. The molecule has 0 bridgehead atoms. The molecule has 96 valence electrons. The summed E-state index contributed by atoms with van der Waals surface area (Å²) < 4.78 is 0. The molecule has 0 aromatic rings. The molecule has 0 saturated heterocycles. The molecule has 0 saturated carbocycles. The fraction of sp³-hybridized carbons (Fsp3) is 0.727. The van der Waals surface area contributed by atoms with E-state index < -0.39 is 25.3 Å². The minimum atomic E-state index is -1.30. The second kappa shape index (κ2) is 10.2. The molecule has 0 heterocycles. The Balaban J connectivity index is 0. The molecule has 1 rings (SSSR count). The van der Waals surface area contributed by atoms with Gasteiger partial charge in [0, 0.05) is 0 Å². The molecular weight excluding hydrogens is 293 g/mol. The number of allylic oxidation sites excluding steroid dienone is 2. The average molecular weight is 316 g/mol. The van der Waals surface area contributed by atoms with Crippen LogP contribution in [0.4, 0.5) is 0 Å². The Kier molecular flexibility index (Phi) is 12.4. The van der Waals surface area contributed by atoms with E-state index in [0.29, 0.717) is 6.04 Å². The van der Waals surface area contributed by atoms with Crippen molar-refractivity contribution in [3.8, 4) is 0 Å². The summed E-state index contributed by atoms with van der Waals surface area (Å²) in [6, 6.07) is 0.515. The second-order valence-corrected chi connectivity index (χ2v) is 11.4. The zero-order valence-corrected chi connectivity index (χ0v) is 15.0. The van der Waals surface area contributed by atoms with Gasteiger partial charge in [-0.1, -0.05) is 47.3 Å². The van der Waals surface area contributed by atoms with Crippen LogP contribution >= 0.6 is 18.6 Å². The summed E-state index contributed by atoms with van der Waals surface area (Å²) in [6.45, 7) is 9.14. The first-order valence-electron chi connectivity index (χ1n) is 5.29. The quantitative estimate of drug-likeness (QED) is 0.370. The van der Waals surface area contributed by atoms with Crippen molar-refractivity contribution in [2.24, 2.45) is 0 Å². The van der Waals surface area contributed by atoms with E-state index in [4.69, 9.17) is 23.6 Å². The van der Waals surface area contributed by atoms with Gasteiger partial charge in [0.25, 0.3) is 0 Å². The van der Waals surface area contributed by atoms with Crippen molar-refractivity contribution in [1.82, 2.24) is 0 Å². The van der Waals surface area contributed by atoms with Crippen molar-refractivity contribution in [2.45, 2.75) is 51.4 Å². The van der Waals surface area contributed by atoms with Gasteiger partial charge in [0.05, 0.1) is 0 Å². The number of hydrogen-bond donors (Lipinski definition) is 0. The number of rotatable bonds is 3. The summed E-state index contributed by atoms with van der Waals surface area (Å²) in [5.41, 5.74) is 0.805. The molecule has 0 aromatic heterocycles. The van der Waals surface area contributed by atoms with Crippen LogP contribution in [0, 0.1) is 7.43 Å². The van der Waals surface area contributed by atoms with Crippen LogP contribution in [0.3, 0.4) is 0 Å². The zero-order valence-electron chi connectivity index (χ0n) is 10.9. The molecule has 0 spiro atoms. The van der Waals surface area contributed by atoms with Crippen molar-refractivity contribution in [2.75, 3.05) is 0 Å². The third-order valence-corrected chi connectivity index (χ3v) is 5.99. The number of hydrogen-bond acceptors (Lipinski definition) is 0. The molecule has 0 aliphatic heterocycles. The summed E-state index contributed by atoms with van der Waals surface area (Å²) in [5, 5.41) is 0.